The number of hydrogen-bond acceptors (Lipinski definition) is 14. The first-order valence-corrected chi connectivity index (χ1v) is 18.5. The summed E-state index contributed by atoms with van der Waals surface area (Å²) in [6.07, 6.45) is 3.04. The fourth-order valence-corrected chi connectivity index (χ4v) is 8.13. The van der Waals surface area contributed by atoms with E-state index in [4.69, 9.17) is 25.3 Å². The molecule has 276 valence electrons. The number of nitrogens with one attached hydrogen (secondary N) is 4. The molecule has 2 bridgehead atoms. The Kier molecular flexibility index (Phi) is 9.51. The monoisotopic (exact) mass is 748 g/mol. The van der Waals surface area contributed by atoms with Crippen LogP contribution < -0.4 is 26.4 Å². The number of anilines is 1. The number of carbonyl (C=O) groups excluding carboxylic acids is 2. The molecule has 4 aliphatic rings. The number of β-lactam (4-membered cyclic amide) rings is 1. The first kappa shape index (κ1) is 36.4. The number of thiazole rings is 1. The van der Waals surface area contributed by atoms with E-state index in [1.54, 1.807) is 12.1 Å². The lowest BCUT2D eigenvalue weighted by molar-refractivity contribution is -0.218. The van der Waals surface area contributed by atoms with Crippen LogP contribution in [0.2, 0.25) is 0 Å². The van der Waals surface area contributed by atoms with E-state index in [-0.39, 0.29) is 22.7 Å². The number of hydroxylamine groups is 2. The number of carboxylic acid groups (broad SMARTS) is 1. The summed E-state index contributed by atoms with van der Waals surface area (Å²) in [6, 6.07) is 3.95. The second-order valence-electron chi connectivity index (χ2n) is 14.1. The third-order valence-corrected chi connectivity index (χ3v) is 11.1. The van der Waals surface area contributed by atoms with E-state index in [1.165, 1.54) is 32.6 Å². The molecule has 4 heterocycles. The van der Waals surface area contributed by atoms with Crippen molar-refractivity contribution in [3.8, 4) is 5.75 Å². The van der Waals surface area contributed by atoms with Crippen LogP contribution in [0.25, 0.3) is 0 Å². The average Bonchev–Trinajstić information content (AvgIpc) is 3.64. The fourth-order valence-electron chi connectivity index (χ4n) is 7.13. The third kappa shape index (κ3) is 7.23. The molecule has 1 saturated carbocycles. The zero-order valence-electron chi connectivity index (χ0n) is 28.1. The van der Waals surface area contributed by atoms with Crippen molar-refractivity contribution in [1.29, 1.82) is 5.41 Å². The highest BCUT2D eigenvalue weighted by Gasteiger charge is 2.58. The lowest BCUT2D eigenvalue weighted by Crippen LogP contribution is -2.76. The number of piperidine rings is 1. The first-order chi connectivity index (χ1) is 23.9. The van der Waals surface area contributed by atoms with Crippen molar-refractivity contribution in [3.63, 3.8) is 0 Å². The van der Waals surface area contributed by atoms with Crippen molar-refractivity contribution in [2.45, 2.75) is 76.2 Å². The number of nitrogen functional groups attached to an aromatic ring is 1. The van der Waals surface area contributed by atoms with Crippen molar-refractivity contribution < 1.29 is 46.3 Å². The topological polar surface area (TPSA) is 268 Å². The fraction of sp³-hybridized carbons (Fsp3) is 0.548. The molecule has 51 heavy (non-hydrogen) atoms. The van der Waals surface area contributed by atoms with E-state index in [0.29, 0.717) is 41.1 Å². The van der Waals surface area contributed by atoms with Gasteiger partial charge in [-0.05, 0) is 89.1 Å². The van der Waals surface area contributed by atoms with Crippen molar-refractivity contribution in [2.24, 2.45) is 16.5 Å². The van der Waals surface area contributed by atoms with Crippen molar-refractivity contribution in [3.05, 3.63) is 40.4 Å². The molecule has 3 fully saturated rings. The van der Waals surface area contributed by atoms with Gasteiger partial charge in [-0.1, -0.05) is 5.16 Å². The van der Waals surface area contributed by atoms with Crippen molar-refractivity contribution in [1.82, 2.24) is 26.0 Å². The summed E-state index contributed by atoms with van der Waals surface area (Å²) in [7, 11) is -5.03. The predicted molar refractivity (Wildman–Crippen MR) is 182 cm³/mol. The number of ether oxygens (including phenoxy) is 1. The van der Waals surface area contributed by atoms with E-state index >= 15 is 0 Å². The number of fused-ring (bicyclic) bond motifs is 3. The van der Waals surface area contributed by atoms with E-state index < -0.39 is 57.2 Å². The molecule has 0 spiro atoms. The molecule has 2 saturated heterocycles. The van der Waals surface area contributed by atoms with Gasteiger partial charge in [-0.25, -0.2) is 9.78 Å². The summed E-state index contributed by atoms with van der Waals surface area (Å²) in [6.45, 7) is 6.71. The number of nitrogens with zero attached hydrogens (tertiary/aromatic N) is 3. The second kappa shape index (κ2) is 13.3. The smallest absolute Gasteiger partial charge is 0.418 e. The molecule has 18 nitrogen and oxygen atoms in total. The molecule has 6 rings (SSSR count). The van der Waals surface area contributed by atoms with Crippen LogP contribution >= 0.6 is 11.3 Å². The van der Waals surface area contributed by atoms with Gasteiger partial charge in [0.05, 0.1) is 5.54 Å². The van der Waals surface area contributed by atoms with Gasteiger partial charge in [0, 0.05) is 29.4 Å². The lowest BCUT2D eigenvalue weighted by atomic mass is 9.82. The Balaban J connectivity index is 1.16. The van der Waals surface area contributed by atoms with Crippen LogP contribution in [0.5, 0.6) is 5.75 Å². The predicted octanol–water partition coefficient (Wildman–Crippen LogP) is 0.828. The van der Waals surface area contributed by atoms with Gasteiger partial charge >= 0.3 is 16.4 Å². The van der Waals surface area contributed by atoms with Crippen LogP contribution in [0, 0.1) is 16.7 Å². The Morgan fingerprint density at radius 2 is 2.10 bits per heavy atom. The van der Waals surface area contributed by atoms with E-state index in [9.17, 15) is 27.9 Å². The number of amidine groups is 1. The molecule has 2 unspecified atom stereocenters. The molecule has 5 atom stereocenters. The molecular weight excluding hydrogens is 709 g/mol. The highest BCUT2D eigenvalue weighted by atomic mass is 32.3. The van der Waals surface area contributed by atoms with Crippen LogP contribution in [0.1, 0.15) is 63.3 Å². The number of oxime groups is 1. The summed E-state index contributed by atoms with van der Waals surface area (Å²) < 4.78 is 41.8. The minimum Gasteiger partial charge on any atom is -0.485 e. The minimum atomic E-state index is -5.03. The number of aromatic nitrogens is 1. The van der Waals surface area contributed by atoms with Crippen LogP contribution in [0.15, 0.2) is 28.7 Å². The molecule has 1 aromatic carbocycles. The maximum atomic E-state index is 13.5. The average molecular weight is 749 g/mol. The van der Waals surface area contributed by atoms with E-state index in [0.717, 1.165) is 42.8 Å². The molecule has 0 radical (unpaired) electrons. The molecule has 2 aromatic rings. The Bertz CT molecular complexity index is 1900. The highest BCUT2D eigenvalue weighted by molar-refractivity contribution is 7.80. The van der Waals surface area contributed by atoms with Crippen LogP contribution in [0.3, 0.4) is 0 Å². The van der Waals surface area contributed by atoms with Gasteiger partial charge in [-0.3, -0.25) is 19.6 Å². The Hall–Kier alpha value is -4.37. The Morgan fingerprint density at radius 3 is 2.76 bits per heavy atom. The third-order valence-electron chi connectivity index (χ3n) is 10.1. The zero-order valence-corrected chi connectivity index (χ0v) is 29.7. The second-order valence-corrected chi connectivity index (χ2v) is 16.0. The number of carboxylic acids is 1. The Morgan fingerprint density at radius 1 is 1.33 bits per heavy atom. The largest absolute Gasteiger partial charge is 0.485 e. The van der Waals surface area contributed by atoms with Crippen molar-refractivity contribution >= 4 is 56.2 Å². The number of benzene rings is 1. The number of carbonyl (C=O) groups is 3. The van der Waals surface area contributed by atoms with Crippen molar-refractivity contribution in [2.75, 3.05) is 25.4 Å². The quantitative estimate of drug-likeness (QED) is 0.0521. The number of amides is 2. The number of aliphatic carboxylic acids is 1. The lowest BCUT2D eigenvalue weighted by Gasteiger charge is -2.50. The first-order valence-electron chi connectivity index (χ1n) is 16.3. The molecule has 1 aliphatic carbocycles. The summed E-state index contributed by atoms with van der Waals surface area (Å²) in [5, 5.41) is 34.0. The van der Waals surface area contributed by atoms with Gasteiger partial charge in [0.2, 0.25) is 0 Å². The van der Waals surface area contributed by atoms with Gasteiger partial charge in [0.1, 0.15) is 23.3 Å². The molecule has 3 aliphatic heterocycles. The molecule has 1 aromatic heterocycles. The highest BCUT2D eigenvalue weighted by Crippen LogP contribution is 2.43. The number of hydrogen-bond donors (Lipinski definition) is 7. The van der Waals surface area contributed by atoms with Gasteiger partial charge in [-0.2, -0.15) is 13.5 Å². The minimum absolute atomic E-state index is 0.0620. The summed E-state index contributed by atoms with van der Waals surface area (Å²) in [5.74, 6) is -2.02. The number of nitrogens with two attached hydrogens (primary N) is 1. The van der Waals surface area contributed by atoms with Crippen LogP contribution in [0.4, 0.5) is 5.13 Å². The molecule has 8 N–H and O–H groups in total. The maximum Gasteiger partial charge on any atom is 0.418 e. The summed E-state index contributed by atoms with van der Waals surface area (Å²) in [4.78, 5) is 48.5. The zero-order chi connectivity index (χ0) is 36.9. The summed E-state index contributed by atoms with van der Waals surface area (Å²) in [5.41, 5.74) is 3.26. The van der Waals surface area contributed by atoms with Gasteiger partial charge in [0.15, 0.2) is 16.9 Å². The van der Waals surface area contributed by atoms with E-state index in [1.807, 2.05) is 6.07 Å². The van der Waals surface area contributed by atoms with E-state index in [2.05, 4.69) is 30.4 Å². The van der Waals surface area contributed by atoms with Crippen LogP contribution in [-0.4, -0.2) is 100 Å². The normalized spacial score (nSPS) is 26.6. The summed E-state index contributed by atoms with van der Waals surface area (Å²) >= 11 is 0.969. The SMILES string of the molecule is CC1(C)[C@H](NC(=O)/C(=N\O[C@](C)(C(=O)O)[C@H]2CCc3cc(C(=N)NCC45CCC(CNC4)C5)ccc3O2)c2csc(N)n2)C(=O)N1OS(=O)(=O)O. The van der Waals surface area contributed by atoms with Gasteiger partial charge in [0.25, 0.3) is 17.4 Å². The number of rotatable bonds is 12. The van der Waals surface area contributed by atoms with Gasteiger partial charge in [-0.15, -0.1) is 15.6 Å². The molecule has 20 heteroatoms. The number of aryl methyl sites for hydroxylation is 1. The van der Waals surface area contributed by atoms with Gasteiger partial charge < -0.3 is 36.4 Å². The molecule has 2 amide bonds. The maximum absolute atomic E-state index is 13.5. The Labute approximate surface area is 297 Å². The standard InChI is InChI=1S/C31H40N8O10S2/c1-29(2)23(26(41)39(29)49-51(44,45)46)37-25(40)22(19-13-50-28(33)36-19)38-48-30(3,27(42)43)21-7-5-17-10-18(4-6-20(17)47-21)24(32)35-15-31-9-8-16(11-31)12-34-14-31/h4,6,10,13,16,21,23,34H,5,7-9,11-12,14-15H2,1-3H3,(H2,32,35)(H2,33,36)(H,37,40)(H,42,43)(H,44,45,46)/b38-22-/t16?,21-,23-,30+,31?/m1/s1. The van der Waals surface area contributed by atoms with Crippen LogP contribution in [-0.2, 0) is 40.3 Å². The molecular formula is C31H40N8O10S2.